The molecule has 0 atom stereocenters. The van der Waals surface area contributed by atoms with E-state index in [0.717, 1.165) is 41.0 Å². The van der Waals surface area contributed by atoms with Crippen LogP contribution in [-0.2, 0) is 17.8 Å². The summed E-state index contributed by atoms with van der Waals surface area (Å²) in [5.74, 6) is 0.849. The molecule has 4 aromatic rings. The zero-order chi connectivity index (χ0) is 22.8. The number of fused-ring (bicyclic) bond motifs is 2. The first-order chi connectivity index (χ1) is 16.1. The summed E-state index contributed by atoms with van der Waals surface area (Å²) in [6, 6.07) is 22.0. The van der Waals surface area contributed by atoms with Crippen molar-refractivity contribution in [2.75, 3.05) is 22.5 Å². The number of aryl methyl sites for hydroxylation is 1. The maximum Gasteiger partial charge on any atom is 0.234 e. The predicted molar refractivity (Wildman–Crippen MR) is 136 cm³/mol. The Morgan fingerprint density at radius 1 is 1.06 bits per heavy atom. The summed E-state index contributed by atoms with van der Waals surface area (Å²) < 4.78 is 0. The molecule has 33 heavy (non-hydrogen) atoms. The fraction of sp³-hybridized carbons (Fsp3) is 0.192. The summed E-state index contributed by atoms with van der Waals surface area (Å²) >= 11 is 7.61. The van der Waals surface area contributed by atoms with Crippen molar-refractivity contribution in [3.8, 4) is 0 Å². The van der Waals surface area contributed by atoms with Crippen LogP contribution in [0.2, 0.25) is 5.02 Å². The number of rotatable bonds is 5. The molecule has 3 aromatic carbocycles. The topological polar surface area (TPSA) is 58.1 Å². The fourth-order valence-corrected chi connectivity index (χ4v) is 4.95. The molecule has 1 N–H and O–H groups in total. The number of hydrogen-bond acceptors (Lipinski definition) is 5. The van der Waals surface area contributed by atoms with E-state index in [0.29, 0.717) is 16.7 Å². The van der Waals surface area contributed by atoms with Crippen LogP contribution in [0.15, 0.2) is 71.8 Å². The number of amides is 1. The van der Waals surface area contributed by atoms with Crippen molar-refractivity contribution in [3.05, 3.63) is 88.4 Å². The number of para-hydroxylation sites is 1. The summed E-state index contributed by atoms with van der Waals surface area (Å²) in [4.78, 5) is 24.5. The highest BCUT2D eigenvalue weighted by molar-refractivity contribution is 8.00. The number of hydrogen-bond donors (Lipinski definition) is 1. The normalized spacial score (nSPS) is 13.1. The molecule has 1 aliphatic heterocycles. The highest BCUT2D eigenvalue weighted by Crippen LogP contribution is 2.30. The van der Waals surface area contributed by atoms with Crippen LogP contribution in [0.4, 0.5) is 11.6 Å². The SMILES string of the molecule is Cc1ccc(NC(=O)CSc2nc(N3CCc4ccccc4C3)nc3ccccc23)cc1Cl. The van der Waals surface area contributed by atoms with E-state index in [1.807, 2.05) is 43.3 Å². The van der Waals surface area contributed by atoms with Crippen molar-refractivity contribution in [3.63, 3.8) is 0 Å². The minimum atomic E-state index is -0.101. The number of carbonyl (C=O) groups is 1. The number of halogens is 1. The largest absolute Gasteiger partial charge is 0.336 e. The first-order valence-electron chi connectivity index (χ1n) is 10.8. The van der Waals surface area contributed by atoms with Gasteiger partial charge in [0, 0.05) is 29.2 Å². The van der Waals surface area contributed by atoms with Gasteiger partial charge in [0.1, 0.15) is 5.03 Å². The zero-order valence-electron chi connectivity index (χ0n) is 18.2. The van der Waals surface area contributed by atoms with Gasteiger partial charge in [-0.2, -0.15) is 0 Å². The van der Waals surface area contributed by atoms with E-state index in [-0.39, 0.29) is 11.7 Å². The molecule has 0 saturated carbocycles. The van der Waals surface area contributed by atoms with E-state index < -0.39 is 0 Å². The third-order valence-electron chi connectivity index (χ3n) is 5.77. The molecular formula is C26H23ClN4OS. The van der Waals surface area contributed by atoms with Gasteiger partial charge in [-0.05, 0) is 48.2 Å². The molecule has 0 radical (unpaired) electrons. The van der Waals surface area contributed by atoms with Crippen LogP contribution in [0.25, 0.3) is 10.9 Å². The third kappa shape index (κ3) is 4.82. The molecule has 0 unspecified atom stereocenters. The lowest BCUT2D eigenvalue weighted by molar-refractivity contribution is -0.113. The molecule has 0 aliphatic carbocycles. The maximum absolute atomic E-state index is 12.6. The lowest BCUT2D eigenvalue weighted by atomic mass is 10.0. The van der Waals surface area contributed by atoms with Crippen molar-refractivity contribution >= 4 is 51.8 Å². The summed E-state index contributed by atoms with van der Waals surface area (Å²) in [6.45, 7) is 3.59. The average Bonchev–Trinajstić information content (AvgIpc) is 2.84. The number of aromatic nitrogens is 2. The first kappa shape index (κ1) is 21.7. The van der Waals surface area contributed by atoms with Crippen molar-refractivity contribution in [1.29, 1.82) is 0 Å². The number of benzene rings is 3. The van der Waals surface area contributed by atoms with Crippen LogP contribution in [0.1, 0.15) is 16.7 Å². The van der Waals surface area contributed by atoms with Gasteiger partial charge in [-0.3, -0.25) is 4.79 Å². The van der Waals surface area contributed by atoms with Gasteiger partial charge in [0.2, 0.25) is 11.9 Å². The summed E-state index contributed by atoms with van der Waals surface area (Å²) in [7, 11) is 0. The van der Waals surface area contributed by atoms with Crippen LogP contribution in [0.5, 0.6) is 0 Å². The summed E-state index contributed by atoms with van der Waals surface area (Å²) in [6.07, 6.45) is 0.969. The highest BCUT2D eigenvalue weighted by Gasteiger charge is 2.20. The first-order valence-corrected chi connectivity index (χ1v) is 12.2. The average molecular weight is 475 g/mol. The second-order valence-corrected chi connectivity index (χ2v) is 9.46. The van der Waals surface area contributed by atoms with Crippen molar-refractivity contribution < 1.29 is 4.79 Å². The molecule has 1 aromatic heterocycles. The molecule has 0 saturated heterocycles. The minimum Gasteiger partial charge on any atom is -0.336 e. The Morgan fingerprint density at radius 3 is 2.70 bits per heavy atom. The molecule has 5 rings (SSSR count). The van der Waals surface area contributed by atoms with E-state index in [1.54, 1.807) is 6.07 Å². The number of anilines is 2. The van der Waals surface area contributed by atoms with Crippen molar-refractivity contribution in [2.45, 2.75) is 24.9 Å². The van der Waals surface area contributed by atoms with Crippen LogP contribution < -0.4 is 10.2 Å². The molecule has 0 fully saturated rings. The summed E-state index contributed by atoms with van der Waals surface area (Å²) in [5.41, 5.74) is 5.25. The monoisotopic (exact) mass is 474 g/mol. The molecule has 0 bridgehead atoms. The van der Waals surface area contributed by atoms with E-state index in [1.165, 1.54) is 22.9 Å². The van der Waals surface area contributed by atoms with Crippen molar-refractivity contribution in [1.82, 2.24) is 9.97 Å². The molecule has 7 heteroatoms. The van der Waals surface area contributed by atoms with Crippen LogP contribution >= 0.6 is 23.4 Å². The number of nitrogens with zero attached hydrogens (tertiary/aromatic N) is 3. The van der Waals surface area contributed by atoms with E-state index in [9.17, 15) is 4.79 Å². The molecule has 2 heterocycles. The molecule has 166 valence electrons. The fourth-order valence-electron chi connectivity index (χ4n) is 3.96. The quantitative estimate of drug-likeness (QED) is 0.289. The van der Waals surface area contributed by atoms with Gasteiger partial charge in [-0.1, -0.05) is 71.9 Å². The molecular weight excluding hydrogens is 452 g/mol. The van der Waals surface area contributed by atoms with E-state index in [4.69, 9.17) is 21.6 Å². The smallest absolute Gasteiger partial charge is 0.234 e. The Kier molecular flexibility index (Phi) is 6.20. The minimum absolute atomic E-state index is 0.101. The van der Waals surface area contributed by atoms with Crippen LogP contribution in [0, 0.1) is 6.92 Å². The van der Waals surface area contributed by atoms with E-state index >= 15 is 0 Å². The van der Waals surface area contributed by atoms with Gasteiger partial charge in [0.05, 0.1) is 11.3 Å². The number of thioether (sulfide) groups is 1. The molecule has 1 amide bonds. The lowest BCUT2D eigenvalue weighted by Gasteiger charge is -2.29. The van der Waals surface area contributed by atoms with Gasteiger partial charge in [0.15, 0.2) is 0 Å². The summed E-state index contributed by atoms with van der Waals surface area (Å²) in [5, 5.41) is 5.32. The molecule has 0 spiro atoms. The Morgan fingerprint density at radius 2 is 1.85 bits per heavy atom. The van der Waals surface area contributed by atoms with Gasteiger partial charge in [0.25, 0.3) is 0 Å². The zero-order valence-corrected chi connectivity index (χ0v) is 19.8. The van der Waals surface area contributed by atoms with E-state index in [2.05, 4.69) is 34.5 Å². The Balaban J connectivity index is 1.36. The lowest BCUT2D eigenvalue weighted by Crippen LogP contribution is -2.31. The maximum atomic E-state index is 12.6. The Bertz CT molecular complexity index is 1340. The van der Waals surface area contributed by atoms with Crippen LogP contribution in [-0.4, -0.2) is 28.2 Å². The van der Waals surface area contributed by atoms with Crippen LogP contribution in [0.3, 0.4) is 0 Å². The van der Waals surface area contributed by atoms with Gasteiger partial charge in [-0.15, -0.1) is 0 Å². The van der Waals surface area contributed by atoms with Crippen molar-refractivity contribution in [2.24, 2.45) is 0 Å². The Labute approximate surface area is 202 Å². The predicted octanol–water partition coefficient (Wildman–Crippen LogP) is 5.89. The second-order valence-electron chi connectivity index (χ2n) is 8.09. The number of carbonyl (C=O) groups excluding carboxylic acids is 1. The standard InChI is InChI=1S/C26H23ClN4OS/c1-17-10-11-20(14-22(17)27)28-24(32)16-33-25-21-8-4-5-9-23(21)29-26(30-25)31-13-12-18-6-2-3-7-19(18)15-31/h2-11,14H,12-13,15-16H2,1H3,(H,28,32). The van der Waals surface area contributed by atoms with Gasteiger partial charge in [-0.25, -0.2) is 9.97 Å². The van der Waals surface area contributed by atoms with Gasteiger partial charge < -0.3 is 10.2 Å². The Hall–Kier alpha value is -3.09. The molecule has 5 nitrogen and oxygen atoms in total. The highest BCUT2D eigenvalue weighted by atomic mass is 35.5. The third-order valence-corrected chi connectivity index (χ3v) is 7.16. The molecule has 1 aliphatic rings. The second kappa shape index (κ2) is 9.41. The number of nitrogens with one attached hydrogen (secondary N) is 1. The van der Waals surface area contributed by atoms with Gasteiger partial charge >= 0.3 is 0 Å².